The molecule has 1 heterocycles. The van der Waals surface area contributed by atoms with Gasteiger partial charge in [0.2, 0.25) is 5.82 Å². The quantitative estimate of drug-likeness (QED) is 0.139. The van der Waals surface area contributed by atoms with E-state index in [4.69, 9.17) is 51.8 Å². The normalized spacial score (nSPS) is 13.3. The van der Waals surface area contributed by atoms with Gasteiger partial charge in [-0.1, -0.05) is 34.8 Å². The molecule has 0 atom stereocenters. The summed E-state index contributed by atoms with van der Waals surface area (Å²) in [4.78, 5) is 15.5. The standard InChI is InChI=1S/C25H18Cl3F5N4O2S/c1-39-23-14(27)8-11(9-15(23)28)24(38)35-25(40)34-12-2-3-16(13(26)10-12)36-4-6-37(7-5-36)22-20(32)18(30)17(29)19(31)21(22)33/h2-3,8-10H,4-7H2,1H3,(H2,34,35,38,40). The Bertz CT molecular complexity index is 1450. The second-order valence-corrected chi connectivity index (χ2v) is 10.1. The average molecular weight is 640 g/mol. The molecule has 3 aromatic carbocycles. The number of thiocarbonyl (C=S) groups is 1. The van der Waals surface area contributed by atoms with Crippen molar-refractivity contribution in [2.24, 2.45) is 0 Å². The van der Waals surface area contributed by atoms with Gasteiger partial charge in [0.05, 0.1) is 27.9 Å². The Kier molecular flexibility index (Phi) is 9.13. The Labute approximate surface area is 245 Å². The van der Waals surface area contributed by atoms with Crippen LogP contribution in [0.25, 0.3) is 0 Å². The van der Waals surface area contributed by atoms with Crippen LogP contribution in [0, 0.1) is 29.1 Å². The van der Waals surface area contributed by atoms with E-state index in [0.29, 0.717) is 11.4 Å². The minimum absolute atomic E-state index is 0.0236. The molecular weight excluding hydrogens is 622 g/mol. The molecule has 0 aliphatic carbocycles. The molecule has 0 unspecified atom stereocenters. The fraction of sp³-hybridized carbons (Fsp3) is 0.200. The maximum atomic E-state index is 14.2. The highest BCUT2D eigenvalue weighted by Gasteiger charge is 2.31. The van der Waals surface area contributed by atoms with E-state index in [2.05, 4.69) is 10.6 Å². The third kappa shape index (κ3) is 5.99. The molecule has 3 aromatic rings. The van der Waals surface area contributed by atoms with Crippen LogP contribution in [-0.2, 0) is 0 Å². The van der Waals surface area contributed by atoms with Crippen molar-refractivity contribution in [3.8, 4) is 5.75 Å². The molecule has 1 saturated heterocycles. The number of hydrogen-bond donors (Lipinski definition) is 2. The van der Waals surface area contributed by atoms with Crippen LogP contribution in [-0.4, -0.2) is 44.3 Å². The number of carbonyl (C=O) groups excluding carboxylic acids is 1. The molecule has 0 spiro atoms. The van der Waals surface area contributed by atoms with E-state index >= 15 is 0 Å². The summed E-state index contributed by atoms with van der Waals surface area (Å²) in [5.74, 6) is -10.3. The number of piperazine rings is 1. The van der Waals surface area contributed by atoms with Gasteiger partial charge in [0.15, 0.2) is 34.1 Å². The molecule has 1 aliphatic rings. The molecule has 0 radical (unpaired) electrons. The lowest BCUT2D eigenvalue weighted by Gasteiger charge is -2.38. The number of anilines is 3. The van der Waals surface area contributed by atoms with E-state index in [-0.39, 0.29) is 57.7 Å². The van der Waals surface area contributed by atoms with Crippen molar-refractivity contribution in [3.05, 3.63) is 80.0 Å². The zero-order chi connectivity index (χ0) is 29.3. The Balaban J connectivity index is 1.39. The Morgan fingerprint density at radius 3 is 1.88 bits per heavy atom. The number of halogens is 8. The highest BCUT2D eigenvalue weighted by Crippen LogP contribution is 2.35. The van der Waals surface area contributed by atoms with E-state index in [9.17, 15) is 26.7 Å². The number of hydrogen-bond acceptors (Lipinski definition) is 5. The van der Waals surface area contributed by atoms with Crippen molar-refractivity contribution in [1.29, 1.82) is 0 Å². The van der Waals surface area contributed by atoms with Gasteiger partial charge in [-0.15, -0.1) is 0 Å². The van der Waals surface area contributed by atoms with Crippen molar-refractivity contribution in [3.63, 3.8) is 0 Å². The smallest absolute Gasteiger partial charge is 0.257 e. The molecule has 6 nitrogen and oxygen atoms in total. The first-order chi connectivity index (χ1) is 18.9. The predicted molar refractivity (Wildman–Crippen MR) is 149 cm³/mol. The number of nitrogens with zero attached hydrogens (tertiary/aromatic N) is 2. The van der Waals surface area contributed by atoms with E-state index in [1.807, 2.05) is 0 Å². The number of carbonyl (C=O) groups is 1. The number of benzene rings is 3. The van der Waals surface area contributed by atoms with Crippen LogP contribution in [0.2, 0.25) is 15.1 Å². The van der Waals surface area contributed by atoms with Gasteiger partial charge in [0, 0.05) is 37.4 Å². The predicted octanol–water partition coefficient (Wildman–Crippen LogP) is 6.80. The number of nitrogens with one attached hydrogen (secondary N) is 2. The van der Waals surface area contributed by atoms with Gasteiger partial charge < -0.3 is 19.9 Å². The second-order valence-electron chi connectivity index (χ2n) is 8.44. The van der Waals surface area contributed by atoms with E-state index in [1.54, 1.807) is 23.1 Å². The van der Waals surface area contributed by atoms with Crippen LogP contribution in [0.4, 0.5) is 39.0 Å². The van der Waals surface area contributed by atoms with E-state index in [0.717, 1.165) is 4.90 Å². The first-order valence-electron chi connectivity index (χ1n) is 11.4. The fourth-order valence-electron chi connectivity index (χ4n) is 4.11. The van der Waals surface area contributed by atoms with Crippen molar-refractivity contribution in [1.82, 2.24) is 5.32 Å². The molecule has 15 heteroatoms. The molecule has 1 aliphatic heterocycles. The molecule has 212 valence electrons. The first-order valence-corrected chi connectivity index (χ1v) is 12.9. The van der Waals surface area contributed by atoms with Gasteiger partial charge in [0.1, 0.15) is 5.69 Å². The number of ether oxygens (including phenoxy) is 1. The zero-order valence-electron chi connectivity index (χ0n) is 20.4. The third-order valence-electron chi connectivity index (χ3n) is 6.02. The van der Waals surface area contributed by atoms with Crippen LogP contribution in [0.5, 0.6) is 5.75 Å². The molecule has 0 saturated carbocycles. The van der Waals surface area contributed by atoms with Crippen LogP contribution in [0.3, 0.4) is 0 Å². The average Bonchev–Trinajstić information content (AvgIpc) is 2.91. The Morgan fingerprint density at radius 2 is 1.35 bits per heavy atom. The number of amides is 1. The van der Waals surface area contributed by atoms with Crippen LogP contribution in [0.1, 0.15) is 10.4 Å². The Hall–Kier alpha value is -3.06. The largest absolute Gasteiger partial charge is 0.494 e. The molecule has 2 N–H and O–H groups in total. The van der Waals surface area contributed by atoms with Gasteiger partial charge in [-0.05, 0) is 42.5 Å². The van der Waals surface area contributed by atoms with Gasteiger partial charge in [-0.25, -0.2) is 22.0 Å². The van der Waals surface area contributed by atoms with Gasteiger partial charge in [-0.3, -0.25) is 10.1 Å². The lowest BCUT2D eigenvalue weighted by atomic mass is 10.2. The van der Waals surface area contributed by atoms with E-state index < -0.39 is 40.7 Å². The summed E-state index contributed by atoms with van der Waals surface area (Å²) >= 11 is 23.8. The van der Waals surface area contributed by atoms with Crippen LogP contribution in [0.15, 0.2) is 30.3 Å². The highest BCUT2D eigenvalue weighted by atomic mass is 35.5. The molecule has 1 fully saturated rings. The zero-order valence-corrected chi connectivity index (χ0v) is 23.4. The SMILES string of the molecule is COc1c(Cl)cc(C(=O)NC(=S)Nc2ccc(N3CCN(c4c(F)c(F)c(F)c(F)c4F)CC3)c(Cl)c2)cc1Cl. The topological polar surface area (TPSA) is 56.8 Å². The van der Waals surface area contributed by atoms with E-state index in [1.165, 1.54) is 19.2 Å². The molecule has 0 bridgehead atoms. The molecule has 40 heavy (non-hydrogen) atoms. The Morgan fingerprint density at radius 1 is 0.825 bits per heavy atom. The number of rotatable bonds is 5. The first kappa shape index (κ1) is 29.9. The van der Waals surface area contributed by atoms with Gasteiger partial charge in [-0.2, -0.15) is 0 Å². The summed E-state index contributed by atoms with van der Waals surface area (Å²) in [7, 11) is 1.39. The maximum Gasteiger partial charge on any atom is 0.257 e. The number of methoxy groups -OCH3 is 1. The molecular formula is C25H18Cl3F5N4O2S. The summed E-state index contributed by atoms with van der Waals surface area (Å²) in [6.07, 6.45) is 0. The van der Waals surface area contributed by atoms with Crippen molar-refractivity contribution < 1.29 is 31.5 Å². The van der Waals surface area contributed by atoms with Crippen molar-refractivity contribution >= 4 is 75.1 Å². The van der Waals surface area contributed by atoms with Crippen LogP contribution < -0.4 is 25.2 Å². The van der Waals surface area contributed by atoms with Gasteiger partial charge in [0.25, 0.3) is 5.91 Å². The lowest BCUT2D eigenvalue weighted by Crippen LogP contribution is -2.47. The van der Waals surface area contributed by atoms with Crippen molar-refractivity contribution in [2.75, 3.05) is 48.4 Å². The maximum absolute atomic E-state index is 14.2. The highest BCUT2D eigenvalue weighted by molar-refractivity contribution is 7.80. The summed E-state index contributed by atoms with van der Waals surface area (Å²) < 4.78 is 74.1. The minimum Gasteiger partial charge on any atom is -0.494 e. The molecule has 4 rings (SSSR count). The second kappa shape index (κ2) is 12.2. The van der Waals surface area contributed by atoms with Crippen LogP contribution >= 0.6 is 47.0 Å². The third-order valence-corrected chi connectivity index (χ3v) is 7.09. The monoisotopic (exact) mass is 638 g/mol. The lowest BCUT2D eigenvalue weighted by molar-refractivity contribution is 0.0977. The van der Waals surface area contributed by atoms with Gasteiger partial charge >= 0.3 is 0 Å². The summed E-state index contributed by atoms with van der Waals surface area (Å²) in [6.45, 7) is 0.329. The molecule has 1 amide bonds. The minimum atomic E-state index is -2.20. The van der Waals surface area contributed by atoms with Crippen molar-refractivity contribution in [2.45, 2.75) is 0 Å². The summed E-state index contributed by atoms with van der Waals surface area (Å²) in [6, 6.07) is 7.60. The molecule has 0 aromatic heterocycles. The summed E-state index contributed by atoms with van der Waals surface area (Å²) in [5.41, 5.74) is 0.210. The fourth-order valence-corrected chi connectivity index (χ4v) is 5.26. The summed E-state index contributed by atoms with van der Waals surface area (Å²) in [5, 5.41) is 5.89.